The average molecular weight is 290 g/mol. The van der Waals surface area contributed by atoms with Crippen LogP contribution in [0.15, 0.2) is 0 Å². The molecule has 0 unspecified atom stereocenters. The number of hydrogen-bond donors (Lipinski definition) is 0. The molecule has 5 heteroatoms. The molecule has 0 spiro atoms. The van der Waals surface area contributed by atoms with Gasteiger partial charge < -0.3 is 4.74 Å². The smallest absolute Gasteiger partial charge is 0.105 e. The van der Waals surface area contributed by atoms with Gasteiger partial charge in [-0.05, 0) is 37.5 Å². The Morgan fingerprint density at radius 2 is 1.95 bits per heavy atom. The molecule has 2 aliphatic carbocycles. The predicted octanol–water partition coefficient (Wildman–Crippen LogP) is 2.03. The molecule has 0 aromatic carbocycles. The average Bonchev–Trinajstić information content (AvgIpc) is 3.16. The molecule has 0 radical (unpaired) electrons. The van der Waals surface area contributed by atoms with Crippen LogP contribution in [0, 0.1) is 11.8 Å². The number of rotatable bonds is 6. The second-order valence-corrected chi connectivity index (χ2v) is 7.06. The van der Waals surface area contributed by atoms with Gasteiger partial charge in [-0.3, -0.25) is 4.90 Å². The number of hydrogen-bond acceptors (Lipinski definition) is 4. The number of methoxy groups -OCH3 is 1. The maximum Gasteiger partial charge on any atom is 0.105 e. The molecule has 0 amide bonds. The molecule has 21 heavy (non-hydrogen) atoms. The molecule has 2 saturated carbocycles. The van der Waals surface area contributed by atoms with Crippen molar-refractivity contribution in [2.75, 3.05) is 26.8 Å². The van der Waals surface area contributed by atoms with Crippen LogP contribution in [0.3, 0.4) is 0 Å². The van der Waals surface area contributed by atoms with Crippen LogP contribution in [-0.4, -0.2) is 46.7 Å². The summed E-state index contributed by atoms with van der Waals surface area (Å²) in [6.07, 6.45) is 8.04. The molecular formula is C16H26N4O. The van der Waals surface area contributed by atoms with Gasteiger partial charge in [-0.15, -0.1) is 5.10 Å². The highest BCUT2D eigenvalue weighted by molar-refractivity contribution is 5.19. The van der Waals surface area contributed by atoms with E-state index in [0.29, 0.717) is 6.04 Å². The van der Waals surface area contributed by atoms with Crippen molar-refractivity contribution in [3.8, 4) is 0 Å². The predicted molar refractivity (Wildman–Crippen MR) is 80.0 cm³/mol. The second-order valence-electron chi connectivity index (χ2n) is 7.06. The van der Waals surface area contributed by atoms with E-state index in [2.05, 4.69) is 19.9 Å². The SMILES string of the molecule is COC[C@H]1c2nnn(CC3CC3)c2CCN1CC1CCC1. The highest BCUT2D eigenvalue weighted by Gasteiger charge is 2.35. The van der Waals surface area contributed by atoms with Crippen LogP contribution in [-0.2, 0) is 17.7 Å². The summed E-state index contributed by atoms with van der Waals surface area (Å²) in [4.78, 5) is 2.59. The minimum Gasteiger partial charge on any atom is -0.383 e. The summed E-state index contributed by atoms with van der Waals surface area (Å²) in [5.74, 6) is 1.75. The van der Waals surface area contributed by atoms with Crippen molar-refractivity contribution in [3.63, 3.8) is 0 Å². The first-order chi connectivity index (χ1) is 10.3. The van der Waals surface area contributed by atoms with Gasteiger partial charge in [0.2, 0.25) is 0 Å². The largest absolute Gasteiger partial charge is 0.383 e. The zero-order valence-electron chi connectivity index (χ0n) is 13.0. The van der Waals surface area contributed by atoms with E-state index in [4.69, 9.17) is 4.74 Å². The number of nitrogens with zero attached hydrogens (tertiary/aromatic N) is 4. The molecule has 1 aliphatic heterocycles. The van der Waals surface area contributed by atoms with Crippen LogP contribution in [0.1, 0.15) is 49.5 Å². The van der Waals surface area contributed by atoms with Gasteiger partial charge in [0.25, 0.3) is 0 Å². The first kappa shape index (κ1) is 13.7. The molecule has 0 bridgehead atoms. The standard InChI is InChI=1S/C16H26N4O/c1-21-11-15-16-14(20(18-17-16)10-13-5-6-13)7-8-19(15)9-12-3-2-4-12/h12-13,15H,2-11H2,1H3/t15-/m0/s1. The topological polar surface area (TPSA) is 43.2 Å². The van der Waals surface area contributed by atoms with E-state index in [1.54, 1.807) is 7.11 Å². The fourth-order valence-corrected chi connectivity index (χ4v) is 3.70. The normalized spacial score (nSPS) is 26.6. The lowest BCUT2D eigenvalue weighted by molar-refractivity contribution is 0.0575. The highest BCUT2D eigenvalue weighted by atomic mass is 16.5. The van der Waals surface area contributed by atoms with E-state index in [0.717, 1.165) is 38.0 Å². The van der Waals surface area contributed by atoms with Crippen molar-refractivity contribution in [1.29, 1.82) is 0 Å². The molecule has 4 rings (SSSR count). The quantitative estimate of drug-likeness (QED) is 0.804. The lowest BCUT2D eigenvalue weighted by Crippen LogP contribution is -2.42. The Balaban J connectivity index is 1.52. The van der Waals surface area contributed by atoms with Gasteiger partial charge in [0.1, 0.15) is 5.69 Å². The second kappa shape index (κ2) is 5.69. The molecule has 1 aromatic rings. The lowest BCUT2D eigenvalue weighted by Gasteiger charge is -2.39. The van der Waals surface area contributed by atoms with E-state index in [1.165, 1.54) is 50.0 Å². The monoisotopic (exact) mass is 290 g/mol. The minimum absolute atomic E-state index is 0.312. The summed E-state index contributed by atoms with van der Waals surface area (Å²) in [6, 6.07) is 0.312. The number of fused-ring (bicyclic) bond motifs is 1. The van der Waals surface area contributed by atoms with E-state index < -0.39 is 0 Å². The van der Waals surface area contributed by atoms with Gasteiger partial charge in [0.05, 0.1) is 18.3 Å². The van der Waals surface area contributed by atoms with Gasteiger partial charge >= 0.3 is 0 Å². The van der Waals surface area contributed by atoms with Crippen molar-refractivity contribution in [2.24, 2.45) is 11.8 Å². The van der Waals surface area contributed by atoms with Crippen LogP contribution in [0.2, 0.25) is 0 Å². The number of aromatic nitrogens is 3. The van der Waals surface area contributed by atoms with E-state index in [-0.39, 0.29) is 0 Å². The molecule has 3 aliphatic rings. The molecule has 1 atom stereocenters. The maximum atomic E-state index is 5.49. The van der Waals surface area contributed by atoms with Gasteiger partial charge in [0.15, 0.2) is 0 Å². The first-order valence-electron chi connectivity index (χ1n) is 8.50. The summed E-state index contributed by atoms with van der Waals surface area (Å²) in [5.41, 5.74) is 2.55. The molecule has 2 fully saturated rings. The Morgan fingerprint density at radius 1 is 1.14 bits per heavy atom. The van der Waals surface area contributed by atoms with Crippen molar-refractivity contribution in [2.45, 2.75) is 51.1 Å². The van der Waals surface area contributed by atoms with Crippen molar-refractivity contribution in [3.05, 3.63) is 11.4 Å². The van der Waals surface area contributed by atoms with Crippen LogP contribution in [0.25, 0.3) is 0 Å². The third-order valence-electron chi connectivity index (χ3n) is 5.43. The summed E-state index contributed by atoms with van der Waals surface area (Å²) in [6.45, 7) is 4.16. The maximum absolute atomic E-state index is 5.49. The third kappa shape index (κ3) is 2.73. The molecule has 116 valence electrons. The van der Waals surface area contributed by atoms with Gasteiger partial charge in [-0.2, -0.15) is 0 Å². The molecule has 2 heterocycles. The fraction of sp³-hybridized carbons (Fsp3) is 0.875. The molecule has 1 aromatic heterocycles. The van der Waals surface area contributed by atoms with Gasteiger partial charge in [-0.1, -0.05) is 11.6 Å². The van der Waals surface area contributed by atoms with Crippen molar-refractivity contribution < 1.29 is 4.74 Å². The third-order valence-corrected chi connectivity index (χ3v) is 5.43. The van der Waals surface area contributed by atoms with Crippen LogP contribution in [0.4, 0.5) is 0 Å². The molecule has 0 saturated heterocycles. The van der Waals surface area contributed by atoms with Gasteiger partial charge in [-0.25, -0.2) is 4.68 Å². The molecule has 0 N–H and O–H groups in total. The highest BCUT2D eigenvalue weighted by Crippen LogP contribution is 2.35. The Hall–Kier alpha value is -0.940. The Morgan fingerprint density at radius 3 is 2.62 bits per heavy atom. The Bertz CT molecular complexity index is 492. The van der Waals surface area contributed by atoms with Gasteiger partial charge in [0, 0.05) is 33.2 Å². The summed E-state index contributed by atoms with van der Waals surface area (Å²) >= 11 is 0. The van der Waals surface area contributed by atoms with Crippen LogP contribution in [0.5, 0.6) is 0 Å². The fourth-order valence-electron chi connectivity index (χ4n) is 3.70. The zero-order chi connectivity index (χ0) is 14.2. The molecular weight excluding hydrogens is 264 g/mol. The Kier molecular flexibility index (Phi) is 3.71. The number of ether oxygens (including phenoxy) is 1. The first-order valence-corrected chi connectivity index (χ1v) is 8.50. The van der Waals surface area contributed by atoms with E-state index >= 15 is 0 Å². The Labute approximate surface area is 126 Å². The summed E-state index contributed by atoms with van der Waals surface area (Å²) < 4.78 is 7.66. The molecule has 5 nitrogen and oxygen atoms in total. The lowest BCUT2D eigenvalue weighted by atomic mass is 9.84. The van der Waals surface area contributed by atoms with Crippen LogP contribution < -0.4 is 0 Å². The summed E-state index contributed by atoms with van der Waals surface area (Å²) in [7, 11) is 1.80. The van der Waals surface area contributed by atoms with Crippen LogP contribution >= 0.6 is 0 Å². The summed E-state index contributed by atoms with van der Waals surface area (Å²) in [5, 5.41) is 8.97. The van der Waals surface area contributed by atoms with E-state index in [1.807, 2.05) is 0 Å². The van der Waals surface area contributed by atoms with Crippen molar-refractivity contribution in [1.82, 2.24) is 19.9 Å². The zero-order valence-corrected chi connectivity index (χ0v) is 13.0. The van der Waals surface area contributed by atoms with Crippen molar-refractivity contribution >= 4 is 0 Å². The van der Waals surface area contributed by atoms with E-state index in [9.17, 15) is 0 Å². The minimum atomic E-state index is 0.312.